The second kappa shape index (κ2) is 9.51. The molecule has 1 atom stereocenters. The second-order valence-electron chi connectivity index (χ2n) is 8.00. The molecule has 0 spiro atoms. The Labute approximate surface area is 193 Å². The Morgan fingerprint density at radius 1 is 1.21 bits per heavy atom. The predicted octanol–water partition coefficient (Wildman–Crippen LogP) is 3.02. The number of aromatic nitrogens is 3. The van der Waals surface area contributed by atoms with E-state index in [9.17, 15) is 4.79 Å². The summed E-state index contributed by atoms with van der Waals surface area (Å²) in [6, 6.07) is 9.10. The third-order valence-electron chi connectivity index (χ3n) is 5.67. The average Bonchev–Trinajstić information content (AvgIpc) is 3.34. The van der Waals surface area contributed by atoms with Crippen molar-refractivity contribution in [3.8, 4) is 28.1 Å². The number of carbonyl (C=O) groups is 1. The number of nitrogens with two attached hydrogens (primary N) is 1. The smallest absolute Gasteiger partial charge is 0.281 e. The quantitative estimate of drug-likeness (QED) is 0.613. The molecule has 33 heavy (non-hydrogen) atoms. The minimum atomic E-state index is -0.234. The van der Waals surface area contributed by atoms with Gasteiger partial charge in [-0.1, -0.05) is 13.0 Å². The van der Waals surface area contributed by atoms with Crippen LogP contribution in [0.5, 0.6) is 5.75 Å². The van der Waals surface area contributed by atoms with E-state index >= 15 is 0 Å². The lowest BCUT2D eigenvalue weighted by Crippen LogP contribution is -2.32. The van der Waals surface area contributed by atoms with Crippen LogP contribution in [0, 0.1) is 0 Å². The molecular formula is C24H28N6O3. The molecule has 1 aliphatic rings. The summed E-state index contributed by atoms with van der Waals surface area (Å²) in [5.74, 6) is 0.662. The number of nitrogen functional groups attached to an aromatic ring is 1. The first-order valence-electron chi connectivity index (χ1n) is 10.8. The van der Waals surface area contributed by atoms with Gasteiger partial charge in [-0.15, -0.1) is 0 Å². The number of methoxy groups -OCH3 is 1. The molecule has 2 N–H and O–H groups in total. The van der Waals surface area contributed by atoms with Gasteiger partial charge in [-0.3, -0.25) is 14.5 Å². The molecule has 1 saturated heterocycles. The summed E-state index contributed by atoms with van der Waals surface area (Å²) in [4.78, 5) is 34.1. The summed E-state index contributed by atoms with van der Waals surface area (Å²) in [7, 11) is 5.40. The van der Waals surface area contributed by atoms with Gasteiger partial charge in [0.05, 0.1) is 30.6 Å². The number of nitrogens with zero attached hydrogens (tertiary/aromatic N) is 5. The summed E-state index contributed by atoms with van der Waals surface area (Å²) >= 11 is 0. The Morgan fingerprint density at radius 2 is 2.00 bits per heavy atom. The van der Waals surface area contributed by atoms with E-state index in [1.54, 1.807) is 31.8 Å². The summed E-state index contributed by atoms with van der Waals surface area (Å²) in [6.07, 6.45) is 4.62. The maximum Gasteiger partial charge on any atom is 0.281 e. The number of carbonyl (C=O) groups excluding carboxylic acids is 1. The summed E-state index contributed by atoms with van der Waals surface area (Å²) in [6.45, 7) is 2.56. The molecule has 0 bridgehead atoms. The first-order chi connectivity index (χ1) is 15.9. The SMILES string of the molecule is CCc1ncnc(-c2ccc(C(=O)N3CC[C@@H](N(C)C)O3)c(OC)c2)c1-c1ccc(N)nc1. The monoisotopic (exact) mass is 448 g/mol. The minimum absolute atomic E-state index is 0.122. The van der Waals surface area contributed by atoms with Crippen LogP contribution < -0.4 is 10.5 Å². The van der Waals surface area contributed by atoms with E-state index < -0.39 is 0 Å². The lowest BCUT2D eigenvalue weighted by atomic mass is 9.96. The van der Waals surface area contributed by atoms with Gasteiger partial charge in [-0.2, -0.15) is 0 Å². The van der Waals surface area contributed by atoms with Gasteiger partial charge in [0.2, 0.25) is 0 Å². The number of hydrogen-bond donors (Lipinski definition) is 1. The van der Waals surface area contributed by atoms with E-state index in [-0.39, 0.29) is 12.1 Å². The van der Waals surface area contributed by atoms with Crippen molar-refractivity contribution >= 4 is 11.7 Å². The Kier molecular flexibility index (Phi) is 6.52. The molecule has 1 aromatic carbocycles. The van der Waals surface area contributed by atoms with Crippen LogP contribution in [0.3, 0.4) is 0 Å². The van der Waals surface area contributed by atoms with Gasteiger partial charge in [0.15, 0.2) is 0 Å². The number of rotatable bonds is 6. The summed E-state index contributed by atoms with van der Waals surface area (Å²) < 4.78 is 5.59. The number of anilines is 1. The van der Waals surface area contributed by atoms with Crippen LogP contribution in [0.4, 0.5) is 5.82 Å². The Balaban J connectivity index is 1.73. The fourth-order valence-corrected chi connectivity index (χ4v) is 3.90. The van der Waals surface area contributed by atoms with Gasteiger partial charge in [0.1, 0.15) is 24.1 Å². The number of benzene rings is 1. The number of pyridine rings is 1. The Hall–Kier alpha value is -3.56. The molecule has 4 rings (SSSR count). The highest BCUT2D eigenvalue weighted by atomic mass is 16.7. The topological polar surface area (TPSA) is 107 Å². The van der Waals surface area contributed by atoms with Crippen molar-refractivity contribution in [2.24, 2.45) is 0 Å². The Bertz CT molecular complexity index is 1150. The van der Waals surface area contributed by atoms with Crippen LogP contribution in [0.2, 0.25) is 0 Å². The molecule has 9 nitrogen and oxygen atoms in total. The van der Waals surface area contributed by atoms with Gasteiger partial charge >= 0.3 is 0 Å². The van der Waals surface area contributed by atoms with Gasteiger partial charge in [0.25, 0.3) is 5.91 Å². The molecule has 1 amide bonds. The highest BCUT2D eigenvalue weighted by molar-refractivity contribution is 5.97. The van der Waals surface area contributed by atoms with Crippen molar-refractivity contribution < 1.29 is 14.4 Å². The van der Waals surface area contributed by atoms with Crippen LogP contribution in [0.25, 0.3) is 22.4 Å². The van der Waals surface area contributed by atoms with Gasteiger partial charge in [-0.25, -0.2) is 20.0 Å². The number of ether oxygens (including phenoxy) is 1. The van der Waals surface area contributed by atoms with Crippen molar-refractivity contribution in [2.75, 3.05) is 33.5 Å². The zero-order valence-electron chi connectivity index (χ0n) is 19.3. The zero-order chi connectivity index (χ0) is 23.5. The number of amides is 1. The van der Waals surface area contributed by atoms with Crippen molar-refractivity contribution in [1.29, 1.82) is 0 Å². The van der Waals surface area contributed by atoms with Crippen LogP contribution in [0.15, 0.2) is 42.9 Å². The van der Waals surface area contributed by atoms with Crippen LogP contribution >= 0.6 is 0 Å². The number of aryl methyl sites for hydroxylation is 1. The number of hydroxylamine groups is 2. The van der Waals surface area contributed by atoms with Crippen molar-refractivity contribution in [3.05, 3.63) is 54.1 Å². The average molecular weight is 449 g/mol. The van der Waals surface area contributed by atoms with Crippen molar-refractivity contribution in [3.63, 3.8) is 0 Å². The van der Waals surface area contributed by atoms with Crippen molar-refractivity contribution in [1.82, 2.24) is 24.9 Å². The second-order valence-corrected chi connectivity index (χ2v) is 8.00. The molecule has 1 aliphatic heterocycles. The molecular weight excluding hydrogens is 420 g/mol. The van der Waals surface area contributed by atoms with E-state index in [1.807, 2.05) is 44.1 Å². The summed E-state index contributed by atoms with van der Waals surface area (Å²) in [5.41, 5.74) is 10.4. The fraction of sp³-hybridized carbons (Fsp3) is 0.333. The fourth-order valence-electron chi connectivity index (χ4n) is 3.90. The number of hydrogen-bond acceptors (Lipinski definition) is 8. The van der Waals surface area contributed by atoms with Crippen LogP contribution in [0.1, 0.15) is 29.4 Å². The van der Waals surface area contributed by atoms with Crippen molar-refractivity contribution in [2.45, 2.75) is 26.0 Å². The highest BCUT2D eigenvalue weighted by Gasteiger charge is 2.31. The standard InChI is InChI=1S/C24H28N6O3/c1-5-18-22(16-7-9-20(25)26-13-16)23(28-14-27-18)15-6-8-17(19(12-15)32-4)24(31)30-11-10-21(33-30)29(2)3/h6-9,12-14,21H,5,10-11H2,1-4H3,(H2,25,26)/t21-/m0/s1. The van der Waals surface area contributed by atoms with E-state index in [0.29, 0.717) is 23.7 Å². The molecule has 9 heteroatoms. The maximum absolute atomic E-state index is 13.1. The first kappa shape index (κ1) is 22.6. The van der Waals surface area contributed by atoms with Gasteiger partial charge in [-0.05, 0) is 44.8 Å². The molecule has 2 aromatic heterocycles. The third-order valence-corrected chi connectivity index (χ3v) is 5.67. The van der Waals surface area contributed by atoms with E-state index in [4.69, 9.17) is 15.3 Å². The van der Waals surface area contributed by atoms with Gasteiger partial charge < -0.3 is 10.5 Å². The van der Waals surface area contributed by atoms with Gasteiger partial charge in [0, 0.05) is 29.3 Å². The van der Waals surface area contributed by atoms with Crippen LogP contribution in [-0.2, 0) is 11.3 Å². The minimum Gasteiger partial charge on any atom is -0.496 e. The van der Waals surface area contributed by atoms with E-state index in [1.165, 1.54) is 5.06 Å². The lowest BCUT2D eigenvalue weighted by molar-refractivity contribution is -0.150. The molecule has 3 aromatic rings. The maximum atomic E-state index is 13.1. The zero-order valence-corrected chi connectivity index (χ0v) is 19.3. The normalized spacial score (nSPS) is 15.8. The van der Waals surface area contributed by atoms with E-state index in [2.05, 4.69) is 15.0 Å². The molecule has 0 unspecified atom stereocenters. The molecule has 0 aliphatic carbocycles. The molecule has 0 saturated carbocycles. The third kappa shape index (κ3) is 4.50. The largest absolute Gasteiger partial charge is 0.496 e. The molecule has 1 fully saturated rings. The molecule has 172 valence electrons. The lowest BCUT2D eigenvalue weighted by Gasteiger charge is -2.21. The molecule has 3 heterocycles. The molecule has 0 radical (unpaired) electrons. The highest BCUT2D eigenvalue weighted by Crippen LogP contribution is 2.35. The predicted molar refractivity (Wildman–Crippen MR) is 125 cm³/mol. The first-order valence-corrected chi connectivity index (χ1v) is 10.8. The Morgan fingerprint density at radius 3 is 2.64 bits per heavy atom. The van der Waals surface area contributed by atoms with E-state index in [0.717, 1.165) is 40.9 Å². The van der Waals surface area contributed by atoms with Crippen LogP contribution in [-0.4, -0.2) is 64.8 Å². The summed E-state index contributed by atoms with van der Waals surface area (Å²) in [5, 5.41) is 1.40.